The van der Waals surface area contributed by atoms with Crippen LogP contribution in [-0.2, 0) is 10.3 Å². The molecule has 2 fully saturated rings. The number of fused-ring (bicyclic) bond motifs is 2. The Bertz CT molecular complexity index is 1360. The lowest BCUT2D eigenvalue weighted by atomic mass is 9.84. The zero-order chi connectivity index (χ0) is 21.7. The zero-order valence-corrected chi connectivity index (χ0v) is 17.8. The molecule has 7 heteroatoms. The van der Waals surface area contributed by atoms with Gasteiger partial charge in [-0.3, -0.25) is 4.79 Å². The Kier molecular flexibility index (Phi) is 4.29. The number of nitrogens with one attached hydrogen (secondary N) is 1. The van der Waals surface area contributed by atoms with E-state index in [-0.39, 0.29) is 11.8 Å². The van der Waals surface area contributed by atoms with Crippen LogP contribution in [0.25, 0.3) is 33.2 Å². The van der Waals surface area contributed by atoms with E-state index in [2.05, 4.69) is 43.9 Å². The van der Waals surface area contributed by atoms with Crippen molar-refractivity contribution >= 4 is 27.8 Å². The predicted octanol–water partition coefficient (Wildman–Crippen LogP) is 4.22. The number of rotatable bonds is 4. The van der Waals surface area contributed by atoms with Crippen molar-refractivity contribution in [3.05, 3.63) is 49.1 Å². The number of hydrogen-bond acceptors (Lipinski definition) is 4. The van der Waals surface area contributed by atoms with Crippen LogP contribution in [0, 0.1) is 17.2 Å². The molecule has 1 aromatic carbocycles. The second-order valence-electron chi connectivity index (χ2n) is 9.13. The first-order valence-corrected chi connectivity index (χ1v) is 11.2. The van der Waals surface area contributed by atoms with Crippen molar-refractivity contribution in [1.82, 2.24) is 24.4 Å². The number of nitriles is 1. The van der Waals surface area contributed by atoms with Gasteiger partial charge < -0.3 is 14.5 Å². The summed E-state index contributed by atoms with van der Waals surface area (Å²) in [4.78, 5) is 27.0. The molecule has 1 saturated carbocycles. The van der Waals surface area contributed by atoms with Crippen molar-refractivity contribution in [3.63, 3.8) is 0 Å². The summed E-state index contributed by atoms with van der Waals surface area (Å²) in [6, 6.07) is 12.6. The molecule has 2 aliphatic rings. The number of benzene rings is 1. The lowest BCUT2D eigenvalue weighted by Gasteiger charge is -2.51. The van der Waals surface area contributed by atoms with E-state index in [1.807, 2.05) is 29.3 Å². The lowest BCUT2D eigenvalue weighted by Crippen LogP contribution is -2.64. The highest BCUT2D eigenvalue weighted by molar-refractivity contribution is 6.02. The van der Waals surface area contributed by atoms with Gasteiger partial charge in [0.15, 0.2) is 0 Å². The summed E-state index contributed by atoms with van der Waals surface area (Å²) in [5.74, 6) is 0.424. The molecule has 1 aliphatic heterocycles. The lowest BCUT2D eigenvalue weighted by molar-refractivity contribution is -0.146. The molecular formula is C25H24N6O. The molecule has 32 heavy (non-hydrogen) atoms. The van der Waals surface area contributed by atoms with Crippen LogP contribution in [0.15, 0.2) is 49.1 Å². The molecule has 0 radical (unpaired) electrons. The average molecular weight is 425 g/mol. The molecule has 3 aromatic heterocycles. The van der Waals surface area contributed by atoms with Gasteiger partial charge in [0.25, 0.3) is 0 Å². The molecule has 6 rings (SSSR count). The van der Waals surface area contributed by atoms with Crippen molar-refractivity contribution in [2.75, 3.05) is 13.1 Å². The fourth-order valence-electron chi connectivity index (χ4n) is 5.60. The van der Waals surface area contributed by atoms with Gasteiger partial charge in [-0.2, -0.15) is 5.26 Å². The predicted molar refractivity (Wildman–Crippen MR) is 122 cm³/mol. The highest BCUT2D eigenvalue weighted by Gasteiger charge is 2.48. The summed E-state index contributed by atoms with van der Waals surface area (Å²) < 4.78 is 2.22. The van der Waals surface area contributed by atoms with Crippen LogP contribution in [0.5, 0.6) is 0 Å². The Morgan fingerprint density at radius 2 is 1.97 bits per heavy atom. The number of H-pyrrole nitrogens is 1. The smallest absolute Gasteiger partial charge is 0.225 e. The van der Waals surface area contributed by atoms with E-state index < -0.39 is 5.54 Å². The number of aromatic amines is 1. The van der Waals surface area contributed by atoms with Crippen LogP contribution in [0.2, 0.25) is 0 Å². The molecule has 4 aromatic rings. The third kappa shape index (κ3) is 2.76. The molecular weight excluding hydrogens is 400 g/mol. The zero-order valence-electron chi connectivity index (χ0n) is 17.8. The minimum atomic E-state index is -0.412. The molecule has 0 bridgehead atoms. The van der Waals surface area contributed by atoms with E-state index in [1.54, 1.807) is 6.33 Å². The van der Waals surface area contributed by atoms with Crippen molar-refractivity contribution < 1.29 is 4.79 Å². The van der Waals surface area contributed by atoms with Crippen LogP contribution in [0.3, 0.4) is 0 Å². The summed E-state index contributed by atoms with van der Waals surface area (Å²) in [6.45, 7) is 1.16. The van der Waals surface area contributed by atoms with E-state index in [1.165, 1.54) is 0 Å². The van der Waals surface area contributed by atoms with Crippen molar-refractivity contribution in [2.24, 2.45) is 5.92 Å². The van der Waals surface area contributed by atoms with Crippen molar-refractivity contribution in [3.8, 4) is 17.3 Å². The minimum absolute atomic E-state index is 0.162. The number of aromatic nitrogens is 4. The largest absolute Gasteiger partial charge is 0.346 e. The Hall–Kier alpha value is -3.66. The van der Waals surface area contributed by atoms with Crippen molar-refractivity contribution in [1.29, 1.82) is 5.26 Å². The maximum atomic E-state index is 13.0. The average Bonchev–Trinajstić information content (AvgIpc) is 3.55. The second-order valence-corrected chi connectivity index (χ2v) is 9.13. The van der Waals surface area contributed by atoms with Crippen molar-refractivity contribution in [2.45, 2.75) is 37.6 Å². The first kappa shape index (κ1) is 19.1. The number of nitrogens with zero attached hydrogens (tertiary/aromatic N) is 5. The van der Waals surface area contributed by atoms with E-state index in [9.17, 15) is 10.1 Å². The van der Waals surface area contributed by atoms with Gasteiger partial charge in [-0.05, 0) is 25.0 Å². The summed E-state index contributed by atoms with van der Waals surface area (Å²) in [7, 11) is 0. The molecule has 7 nitrogen and oxygen atoms in total. The van der Waals surface area contributed by atoms with Gasteiger partial charge in [-0.15, -0.1) is 0 Å². The molecule has 1 saturated heterocycles. The summed E-state index contributed by atoms with van der Waals surface area (Å²) in [5.41, 5.74) is 3.34. The minimum Gasteiger partial charge on any atom is -0.346 e. The van der Waals surface area contributed by atoms with Gasteiger partial charge in [0, 0.05) is 53.3 Å². The van der Waals surface area contributed by atoms with E-state index in [0.717, 1.165) is 58.9 Å². The van der Waals surface area contributed by atoms with Gasteiger partial charge in [-0.1, -0.05) is 31.0 Å². The number of hydrogen-bond donors (Lipinski definition) is 1. The van der Waals surface area contributed by atoms with Gasteiger partial charge >= 0.3 is 0 Å². The van der Waals surface area contributed by atoms with Crippen LogP contribution in [0.1, 0.15) is 32.1 Å². The maximum absolute atomic E-state index is 13.0. The first-order chi connectivity index (χ1) is 15.7. The van der Waals surface area contributed by atoms with Gasteiger partial charge in [-0.25, -0.2) is 9.97 Å². The quantitative estimate of drug-likeness (QED) is 0.531. The number of carbonyl (C=O) groups excluding carboxylic acids is 1. The summed E-state index contributed by atoms with van der Waals surface area (Å²) in [6.07, 6.45) is 10.2. The first-order valence-electron chi connectivity index (χ1n) is 11.2. The number of carbonyl (C=O) groups is 1. The number of likely N-dealkylation sites (tertiary alicyclic amines) is 1. The van der Waals surface area contributed by atoms with Gasteiger partial charge in [0.1, 0.15) is 12.0 Å². The monoisotopic (exact) mass is 424 g/mol. The van der Waals surface area contributed by atoms with Crippen LogP contribution < -0.4 is 0 Å². The van der Waals surface area contributed by atoms with Crippen LogP contribution in [0.4, 0.5) is 0 Å². The highest BCUT2D eigenvalue weighted by atomic mass is 16.2. The Morgan fingerprint density at radius 3 is 2.78 bits per heavy atom. The third-order valence-electron chi connectivity index (χ3n) is 7.23. The number of amides is 1. The Morgan fingerprint density at radius 1 is 1.16 bits per heavy atom. The standard InChI is InChI=1S/C25H24N6O/c26-11-10-25(14-30(15-25)24(32)17-5-1-2-6-17)31-13-20(18-7-3-4-8-21(18)31)22-19-9-12-27-23(19)29-16-28-22/h3-4,7-9,12-13,16-17H,1-2,5-6,10,14-15H2,(H,27,28,29). The molecule has 1 N–H and O–H groups in total. The number of para-hydroxylation sites is 1. The Balaban J connectivity index is 1.44. The van der Waals surface area contributed by atoms with Crippen LogP contribution in [-0.4, -0.2) is 43.4 Å². The molecule has 4 heterocycles. The summed E-state index contributed by atoms with van der Waals surface area (Å²) in [5, 5.41) is 11.7. The summed E-state index contributed by atoms with van der Waals surface area (Å²) >= 11 is 0. The van der Waals surface area contributed by atoms with E-state index in [4.69, 9.17) is 0 Å². The molecule has 1 amide bonds. The van der Waals surface area contributed by atoms with Crippen LogP contribution >= 0.6 is 0 Å². The normalized spacial score (nSPS) is 18.2. The van der Waals surface area contributed by atoms with Gasteiger partial charge in [0.05, 0.1) is 23.7 Å². The SMILES string of the molecule is N#CCC1(n2cc(-c3ncnc4[nH]ccc34)c3ccccc32)CN(C(=O)C2CCCC2)C1. The molecule has 0 unspecified atom stereocenters. The fraction of sp³-hybridized carbons (Fsp3) is 0.360. The molecule has 0 spiro atoms. The van der Waals surface area contributed by atoms with Gasteiger partial charge in [0.2, 0.25) is 5.91 Å². The third-order valence-corrected chi connectivity index (χ3v) is 7.23. The second kappa shape index (κ2) is 7.20. The molecule has 1 aliphatic carbocycles. The molecule has 0 atom stereocenters. The molecule has 160 valence electrons. The highest BCUT2D eigenvalue weighted by Crippen LogP contribution is 2.42. The topological polar surface area (TPSA) is 90.6 Å². The Labute approximate surface area is 185 Å². The fourth-order valence-corrected chi connectivity index (χ4v) is 5.60. The van der Waals surface area contributed by atoms with E-state index >= 15 is 0 Å². The maximum Gasteiger partial charge on any atom is 0.225 e. The van der Waals surface area contributed by atoms with E-state index in [0.29, 0.717) is 19.5 Å².